The van der Waals surface area contributed by atoms with Gasteiger partial charge in [0.25, 0.3) is 10.1 Å². The first-order valence-electron chi connectivity index (χ1n) is 8.24. The van der Waals surface area contributed by atoms with Crippen molar-refractivity contribution in [3.63, 3.8) is 0 Å². The fraction of sp³-hybridized carbons (Fsp3) is 0.588. The van der Waals surface area contributed by atoms with Gasteiger partial charge in [0.2, 0.25) is 0 Å². The van der Waals surface area contributed by atoms with E-state index >= 15 is 0 Å². The van der Waals surface area contributed by atoms with Crippen molar-refractivity contribution >= 4 is 16.2 Å². The fourth-order valence-corrected chi connectivity index (χ4v) is 4.16. The van der Waals surface area contributed by atoms with Gasteiger partial charge in [-0.1, -0.05) is 18.2 Å². The van der Waals surface area contributed by atoms with Crippen LogP contribution in [0, 0.1) is 0 Å². The Bertz CT molecular complexity index is 755. The van der Waals surface area contributed by atoms with E-state index in [0.29, 0.717) is 18.5 Å². The van der Waals surface area contributed by atoms with Crippen molar-refractivity contribution in [3.8, 4) is 0 Å². The summed E-state index contributed by atoms with van der Waals surface area (Å²) < 4.78 is 41.5. The summed E-state index contributed by atoms with van der Waals surface area (Å²) in [5.41, 5.74) is -0.0748. The molecule has 138 valence electrons. The van der Waals surface area contributed by atoms with Gasteiger partial charge in [0.15, 0.2) is 0 Å². The maximum Gasteiger partial charge on any atom is 0.410 e. The number of hydrogen-bond acceptors (Lipinski definition) is 6. The summed E-state index contributed by atoms with van der Waals surface area (Å²) in [5.74, 6) is 0. The van der Waals surface area contributed by atoms with Gasteiger partial charge in [-0.3, -0.25) is 4.18 Å². The lowest BCUT2D eigenvalue weighted by Crippen LogP contribution is -2.42. The van der Waals surface area contributed by atoms with E-state index in [1.807, 2.05) is 0 Å². The minimum atomic E-state index is -3.91. The maximum absolute atomic E-state index is 12.5. The summed E-state index contributed by atoms with van der Waals surface area (Å²) in [5, 5.41) is 0. The predicted octanol–water partition coefficient (Wildman–Crippen LogP) is 2.30. The van der Waals surface area contributed by atoms with E-state index in [9.17, 15) is 13.2 Å². The largest absolute Gasteiger partial charge is 0.444 e. The Kier molecular flexibility index (Phi) is 4.78. The molecule has 8 heteroatoms. The highest BCUT2D eigenvalue weighted by Gasteiger charge is 2.40. The zero-order valence-corrected chi connectivity index (χ0v) is 15.4. The summed E-state index contributed by atoms with van der Waals surface area (Å²) in [4.78, 5) is 14.0. The van der Waals surface area contributed by atoms with Gasteiger partial charge in [-0.25, -0.2) is 4.79 Å². The molecule has 2 aliphatic rings. The zero-order valence-electron chi connectivity index (χ0n) is 14.6. The molecule has 1 aromatic rings. The third kappa shape index (κ3) is 4.13. The van der Waals surface area contributed by atoms with Gasteiger partial charge >= 0.3 is 6.09 Å². The molecule has 7 nitrogen and oxygen atoms in total. The summed E-state index contributed by atoms with van der Waals surface area (Å²) >= 11 is 0. The van der Waals surface area contributed by atoms with E-state index in [0.717, 1.165) is 0 Å². The highest BCUT2D eigenvalue weighted by Crippen LogP contribution is 2.28. The van der Waals surface area contributed by atoms with Crippen LogP contribution in [-0.4, -0.2) is 50.3 Å². The molecule has 0 spiro atoms. The first kappa shape index (κ1) is 18.2. The molecule has 0 saturated carbocycles. The number of carbonyl (C=O) groups is 1. The number of amides is 1. The molecule has 2 aliphatic heterocycles. The first-order valence-corrected chi connectivity index (χ1v) is 9.65. The van der Waals surface area contributed by atoms with Gasteiger partial charge in [-0.15, -0.1) is 0 Å². The van der Waals surface area contributed by atoms with Crippen LogP contribution < -0.4 is 0 Å². The van der Waals surface area contributed by atoms with Gasteiger partial charge < -0.3 is 14.4 Å². The first-order chi connectivity index (χ1) is 11.7. The normalized spacial score (nSPS) is 26.0. The Labute approximate surface area is 148 Å². The fourth-order valence-electron chi connectivity index (χ4n) is 3.00. The van der Waals surface area contributed by atoms with Crippen molar-refractivity contribution < 1.29 is 26.9 Å². The molecule has 1 saturated heterocycles. The monoisotopic (exact) mass is 369 g/mol. The quantitative estimate of drug-likeness (QED) is 0.653. The van der Waals surface area contributed by atoms with Crippen molar-refractivity contribution in [1.29, 1.82) is 0 Å². The van der Waals surface area contributed by atoms with Crippen molar-refractivity contribution in [3.05, 3.63) is 29.8 Å². The second-order valence-electron chi connectivity index (χ2n) is 7.30. The molecule has 2 heterocycles. The number of carbonyl (C=O) groups excluding carboxylic acids is 1. The number of ether oxygens (including phenoxy) is 2. The van der Waals surface area contributed by atoms with Gasteiger partial charge in [-0.05, 0) is 38.8 Å². The van der Waals surface area contributed by atoms with Gasteiger partial charge in [-0.2, -0.15) is 8.42 Å². The lowest BCUT2D eigenvalue weighted by molar-refractivity contribution is 0.0131. The molecule has 2 unspecified atom stereocenters. The maximum atomic E-state index is 12.5. The van der Waals surface area contributed by atoms with Crippen molar-refractivity contribution in [2.75, 3.05) is 13.2 Å². The SMILES string of the molecule is CC(C)(C)OC(=O)N1CC2CC1COS(=O)(=O)c1ccccc1CO2. The Morgan fingerprint density at radius 3 is 2.72 bits per heavy atom. The van der Waals surface area contributed by atoms with Crippen LogP contribution in [0.5, 0.6) is 0 Å². The molecule has 25 heavy (non-hydrogen) atoms. The molecule has 0 aromatic heterocycles. The van der Waals surface area contributed by atoms with Crippen LogP contribution in [0.2, 0.25) is 0 Å². The number of rotatable bonds is 0. The van der Waals surface area contributed by atoms with Gasteiger partial charge in [0.05, 0.1) is 36.8 Å². The second-order valence-corrected chi connectivity index (χ2v) is 8.89. The van der Waals surface area contributed by atoms with E-state index in [1.54, 1.807) is 39.0 Å². The van der Waals surface area contributed by atoms with Crippen LogP contribution in [0.3, 0.4) is 0 Å². The molecule has 0 aliphatic carbocycles. The molecule has 1 fully saturated rings. The van der Waals surface area contributed by atoms with Crippen LogP contribution in [-0.2, 0) is 30.4 Å². The number of fused-ring (bicyclic) bond motifs is 3. The molecule has 0 radical (unpaired) electrons. The van der Waals surface area contributed by atoms with E-state index < -0.39 is 27.9 Å². The van der Waals surface area contributed by atoms with Crippen LogP contribution in [0.4, 0.5) is 4.79 Å². The molecular formula is C17H23NO6S. The number of hydrogen-bond donors (Lipinski definition) is 0. The Morgan fingerprint density at radius 1 is 1.28 bits per heavy atom. The Balaban J connectivity index is 1.84. The third-order valence-electron chi connectivity index (χ3n) is 4.14. The second kappa shape index (κ2) is 6.59. The number of likely N-dealkylation sites (tertiary alicyclic amines) is 1. The highest BCUT2D eigenvalue weighted by molar-refractivity contribution is 7.86. The zero-order chi connectivity index (χ0) is 18.2. The molecule has 2 atom stereocenters. The van der Waals surface area contributed by atoms with Gasteiger partial charge in [0, 0.05) is 0 Å². The predicted molar refractivity (Wildman–Crippen MR) is 89.5 cm³/mol. The average Bonchev–Trinajstić information content (AvgIpc) is 2.92. The van der Waals surface area contributed by atoms with Crippen LogP contribution in [0.15, 0.2) is 29.2 Å². The topological polar surface area (TPSA) is 82.1 Å². The molecule has 1 aromatic carbocycles. The van der Waals surface area contributed by atoms with Crippen LogP contribution >= 0.6 is 0 Å². The molecule has 0 N–H and O–H groups in total. The Hall–Kier alpha value is -1.64. The molecule has 2 bridgehead atoms. The Morgan fingerprint density at radius 2 is 2.00 bits per heavy atom. The van der Waals surface area contributed by atoms with E-state index in [4.69, 9.17) is 13.7 Å². The number of benzene rings is 1. The summed E-state index contributed by atoms with van der Waals surface area (Å²) in [6.07, 6.45) is -0.159. The van der Waals surface area contributed by atoms with Crippen molar-refractivity contribution in [2.45, 2.75) is 56.4 Å². The average molecular weight is 369 g/mol. The smallest absolute Gasteiger partial charge is 0.410 e. The number of nitrogens with zero attached hydrogens (tertiary/aromatic N) is 1. The summed E-state index contributed by atoms with van der Waals surface area (Å²) in [7, 11) is -3.91. The molecular weight excluding hydrogens is 346 g/mol. The minimum absolute atomic E-state index is 0.111. The van der Waals surface area contributed by atoms with E-state index in [-0.39, 0.29) is 24.2 Å². The highest BCUT2D eigenvalue weighted by atomic mass is 32.2. The lowest BCUT2D eigenvalue weighted by Gasteiger charge is -2.28. The van der Waals surface area contributed by atoms with E-state index in [2.05, 4.69) is 0 Å². The van der Waals surface area contributed by atoms with Crippen LogP contribution in [0.1, 0.15) is 32.8 Å². The summed E-state index contributed by atoms with van der Waals surface area (Å²) in [6, 6.07) is 6.21. The minimum Gasteiger partial charge on any atom is -0.444 e. The lowest BCUT2D eigenvalue weighted by atomic mass is 10.2. The van der Waals surface area contributed by atoms with Crippen molar-refractivity contribution in [1.82, 2.24) is 4.90 Å². The van der Waals surface area contributed by atoms with Gasteiger partial charge in [0.1, 0.15) is 5.60 Å². The standard InChI is InChI=1S/C17H23NO6S/c1-17(2,3)24-16(19)18-9-14-8-13(18)11-23-25(20,21)15-7-5-4-6-12(15)10-22-14/h4-7,13-14H,8-11H2,1-3H3. The molecule has 3 rings (SSSR count). The van der Waals surface area contributed by atoms with Crippen LogP contribution in [0.25, 0.3) is 0 Å². The van der Waals surface area contributed by atoms with Crippen molar-refractivity contribution in [2.24, 2.45) is 0 Å². The summed E-state index contributed by atoms with van der Waals surface area (Å²) in [6.45, 7) is 5.75. The molecule has 1 amide bonds. The van der Waals surface area contributed by atoms with E-state index in [1.165, 1.54) is 11.0 Å². The third-order valence-corrected chi connectivity index (χ3v) is 5.52.